The van der Waals surface area contributed by atoms with Crippen molar-refractivity contribution in [3.63, 3.8) is 0 Å². The molecular weight excluding hydrogens is 375 g/mol. The maximum Gasteiger partial charge on any atom is 0.470 e. The van der Waals surface area contributed by atoms with Crippen molar-refractivity contribution in [1.29, 1.82) is 0 Å². The first-order chi connectivity index (χ1) is 12.8. The highest BCUT2D eigenvalue weighted by atomic mass is 19.4. The van der Waals surface area contributed by atoms with E-state index in [0.29, 0.717) is 12.8 Å². The molecule has 11 heteroatoms. The molecule has 6 nitrogen and oxygen atoms in total. The minimum Gasteiger partial charge on any atom is -0.452 e. The molecule has 140 valence electrons. The van der Waals surface area contributed by atoms with E-state index in [1.54, 1.807) is 0 Å². The van der Waals surface area contributed by atoms with E-state index >= 15 is 0 Å². The van der Waals surface area contributed by atoms with Crippen molar-refractivity contribution in [2.24, 2.45) is 0 Å². The first-order valence-corrected chi connectivity index (χ1v) is 7.65. The van der Waals surface area contributed by atoms with Gasteiger partial charge in [-0.25, -0.2) is 18.7 Å². The van der Waals surface area contributed by atoms with Crippen LogP contribution in [0.5, 0.6) is 6.01 Å². The normalized spacial score (nSPS) is 15.6. The first kappa shape index (κ1) is 17.3. The van der Waals surface area contributed by atoms with Gasteiger partial charge in [0.15, 0.2) is 0 Å². The SMILES string of the molecule is Fc1cccc(F)c1C1(Oc2ncc(-c3nnc(C(F)(F)F)o3)cn2)CC1. The Kier molecular flexibility index (Phi) is 3.82. The summed E-state index contributed by atoms with van der Waals surface area (Å²) < 4.78 is 75.5. The van der Waals surface area contributed by atoms with Crippen molar-refractivity contribution < 1.29 is 31.1 Å². The molecule has 0 aliphatic heterocycles. The highest BCUT2D eigenvalue weighted by molar-refractivity contribution is 5.49. The Labute approximate surface area is 148 Å². The molecule has 0 atom stereocenters. The van der Waals surface area contributed by atoms with Crippen LogP contribution < -0.4 is 4.74 Å². The lowest BCUT2D eigenvalue weighted by atomic mass is 10.1. The van der Waals surface area contributed by atoms with Crippen LogP contribution in [0.3, 0.4) is 0 Å². The second-order valence-corrected chi connectivity index (χ2v) is 5.86. The van der Waals surface area contributed by atoms with E-state index in [0.717, 1.165) is 24.5 Å². The molecule has 4 rings (SSSR count). The Morgan fingerprint density at radius 2 is 1.63 bits per heavy atom. The lowest BCUT2D eigenvalue weighted by Crippen LogP contribution is -2.20. The van der Waals surface area contributed by atoms with Gasteiger partial charge in [-0.15, -0.1) is 10.2 Å². The van der Waals surface area contributed by atoms with E-state index < -0.39 is 35.2 Å². The molecule has 0 amide bonds. The molecular formula is C16H9F5N4O2. The van der Waals surface area contributed by atoms with Crippen molar-refractivity contribution in [3.05, 3.63) is 53.7 Å². The van der Waals surface area contributed by atoms with Crippen molar-refractivity contribution in [2.75, 3.05) is 0 Å². The van der Waals surface area contributed by atoms with Crippen LogP contribution in [0, 0.1) is 11.6 Å². The van der Waals surface area contributed by atoms with Crippen LogP contribution in [-0.4, -0.2) is 20.2 Å². The third kappa shape index (κ3) is 3.20. The van der Waals surface area contributed by atoms with Gasteiger partial charge in [0.25, 0.3) is 5.89 Å². The monoisotopic (exact) mass is 384 g/mol. The molecule has 1 aliphatic carbocycles. The summed E-state index contributed by atoms with van der Waals surface area (Å²) in [5.74, 6) is -3.40. The van der Waals surface area contributed by atoms with Gasteiger partial charge in [0.05, 0.1) is 11.1 Å². The van der Waals surface area contributed by atoms with Crippen LogP contribution in [0.25, 0.3) is 11.5 Å². The molecule has 1 saturated carbocycles. The Bertz CT molecular complexity index is 963. The minimum atomic E-state index is -4.77. The highest BCUT2D eigenvalue weighted by Gasteiger charge is 2.51. The molecule has 0 unspecified atom stereocenters. The number of ether oxygens (including phenoxy) is 1. The zero-order valence-corrected chi connectivity index (χ0v) is 13.3. The van der Waals surface area contributed by atoms with Gasteiger partial charge < -0.3 is 9.15 Å². The minimum absolute atomic E-state index is 0.0345. The van der Waals surface area contributed by atoms with Gasteiger partial charge in [-0.2, -0.15) is 13.2 Å². The summed E-state index contributed by atoms with van der Waals surface area (Å²) in [5.41, 5.74) is -1.37. The lowest BCUT2D eigenvalue weighted by molar-refractivity contribution is -0.156. The van der Waals surface area contributed by atoms with Gasteiger partial charge >= 0.3 is 18.1 Å². The summed E-state index contributed by atoms with van der Waals surface area (Å²) >= 11 is 0. The fourth-order valence-electron chi connectivity index (χ4n) is 2.56. The smallest absolute Gasteiger partial charge is 0.452 e. The topological polar surface area (TPSA) is 73.9 Å². The van der Waals surface area contributed by atoms with Gasteiger partial charge in [-0.05, 0) is 25.0 Å². The summed E-state index contributed by atoms with van der Waals surface area (Å²) in [4.78, 5) is 7.70. The Morgan fingerprint density at radius 1 is 1.00 bits per heavy atom. The maximum atomic E-state index is 14.0. The molecule has 27 heavy (non-hydrogen) atoms. The van der Waals surface area contributed by atoms with E-state index in [-0.39, 0.29) is 17.1 Å². The van der Waals surface area contributed by atoms with Gasteiger partial charge in [0.1, 0.15) is 17.2 Å². The summed E-state index contributed by atoms with van der Waals surface area (Å²) in [7, 11) is 0. The third-order valence-electron chi connectivity index (χ3n) is 3.95. The fraction of sp³-hybridized carbons (Fsp3) is 0.250. The quantitative estimate of drug-likeness (QED) is 0.636. The molecule has 0 radical (unpaired) electrons. The van der Waals surface area contributed by atoms with Crippen LogP contribution in [-0.2, 0) is 11.8 Å². The molecule has 3 aromatic rings. The van der Waals surface area contributed by atoms with Crippen LogP contribution in [0.4, 0.5) is 22.0 Å². The predicted molar refractivity (Wildman–Crippen MR) is 78.2 cm³/mol. The number of hydrogen-bond donors (Lipinski definition) is 0. The van der Waals surface area contributed by atoms with Crippen molar-refractivity contribution in [2.45, 2.75) is 24.6 Å². The number of hydrogen-bond acceptors (Lipinski definition) is 6. The van der Waals surface area contributed by atoms with E-state index in [1.165, 1.54) is 6.07 Å². The second-order valence-electron chi connectivity index (χ2n) is 5.86. The molecule has 1 aromatic carbocycles. The number of rotatable bonds is 4. The molecule has 0 N–H and O–H groups in total. The zero-order chi connectivity index (χ0) is 19.2. The molecule has 1 fully saturated rings. The molecule has 1 aliphatic rings. The largest absolute Gasteiger partial charge is 0.470 e. The number of halogens is 5. The number of alkyl halides is 3. The van der Waals surface area contributed by atoms with E-state index in [2.05, 4.69) is 24.6 Å². The Balaban J connectivity index is 1.56. The van der Waals surface area contributed by atoms with Gasteiger partial charge in [0, 0.05) is 12.4 Å². The van der Waals surface area contributed by atoms with Crippen molar-refractivity contribution in [1.82, 2.24) is 20.2 Å². The first-order valence-electron chi connectivity index (χ1n) is 7.65. The average molecular weight is 384 g/mol. The highest BCUT2D eigenvalue weighted by Crippen LogP contribution is 2.50. The van der Waals surface area contributed by atoms with E-state index in [4.69, 9.17) is 4.74 Å². The molecule has 0 saturated heterocycles. The Hall–Kier alpha value is -3.11. The molecule has 0 bridgehead atoms. The van der Waals surface area contributed by atoms with Crippen LogP contribution in [0.15, 0.2) is 35.0 Å². The molecule has 2 aromatic heterocycles. The van der Waals surface area contributed by atoms with Gasteiger partial charge in [0.2, 0.25) is 0 Å². The number of benzene rings is 1. The summed E-state index contributed by atoms with van der Waals surface area (Å²) in [5, 5.41) is 6.19. The van der Waals surface area contributed by atoms with E-state index in [9.17, 15) is 22.0 Å². The van der Waals surface area contributed by atoms with Gasteiger partial charge in [-0.3, -0.25) is 0 Å². The predicted octanol–water partition coefficient (Wildman–Crippen LogP) is 3.89. The number of nitrogens with zero attached hydrogens (tertiary/aromatic N) is 4. The number of aromatic nitrogens is 4. The lowest BCUT2D eigenvalue weighted by Gasteiger charge is -2.18. The van der Waals surface area contributed by atoms with Crippen molar-refractivity contribution in [3.8, 4) is 17.5 Å². The fourth-order valence-corrected chi connectivity index (χ4v) is 2.56. The zero-order valence-electron chi connectivity index (χ0n) is 13.3. The Morgan fingerprint density at radius 3 is 2.15 bits per heavy atom. The summed E-state index contributed by atoms with van der Waals surface area (Å²) in [6, 6.07) is 3.31. The van der Waals surface area contributed by atoms with Gasteiger partial charge in [-0.1, -0.05) is 6.07 Å². The van der Waals surface area contributed by atoms with Crippen LogP contribution in [0.2, 0.25) is 0 Å². The molecule has 2 heterocycles. The standard InChI is InChI=1S/C16H9F5N4O2/c17-9-2-1-3-10(18)11(9)15(4-5-15)27-14-22-6-8(7-23-14)12-24-25-13(26-12)16(19,20)21/h1-3,6-7H,4-5H2. The van der Waals surface area contributed by atoms with E-state index in [1.807, 2.05) is 0 Å². The van der Waals surface area contributed by atoms with Crippen molar-refractivity contribution >= 4 is 0 Å². The van der Waals surface area contributed by atoms with Crippen LogP contribution in [0.1, 0.15) is 24.3 Å². The maximum absolute atomic E-state index is 14.0. The summed E-state index contributed by atoms with van der Waals surface area (Å²) in [6.07, 6.45) is -1.80. The van der Waals surface area contributed by atoms with Crippen LogP contribution >= 0.6 is 0 Å². The second kappa shape index (κ2) is 5.96. The summed E-state index contributed by atoms with van der Waals surface area (Å²) in [6.45, 7) is 0. The average Bonchev–Trinajstić information content (AvgIpc) is 3.18. The third-order valence-corrected chi connectivity index (χ3v) is 3.95. The molecule has 0 spiro atoms.